The van der Waals surface area contributed by atoms with Gasteiger partial charge in [0.15, 0.2) is 5.60 Å². The standard InChI is InChI=1S/C18H25NO6/c1-4-11-7-10(2)18(3,23)17(22)24-9-12-13(20)8-19-6-5-14(15(12)19)25-16(11)21/h4,12-15,20,23H,2,5-9H2,1,3H3/b11-4-/t12-,13+,14+,15+,18+/m0/s1. The summed E-state index contributed by atoms with van der Waals surface area (Å²) in [6.07, 6.45) is 1.30. The molecule has 5 atom stereocenters. The summed E-state index contributed by atoms with van der Waals surface area (Å²) >= 11 is 0. The fourth-order valence-corrected chi connectivity index (χ4v) is 3.91. The highest BCUT2D eigenvalue weighted by molar-refractivity contribution is 5.90. The van der Waals surface area contributed by atoms with E-state index in [0.717, 1.165) is 6.54 Å². The summed E-state index contributed by atoms with van der Waals surface area (Å²) < 4.78 is 11.0. The Morgan fingerprint density at radius 1 is 1.40 bits per heavy atom. The Balaban J connectivity index is 1.93. The van der Waals surface area contributed by atoms with Crippen molar-refractivity contribution in [3.63, 3.8) is 0 Å². The summed E-state index contributed by atoms with van der Waals surface area (Å²) in [6, 6.07) is -0.183. The lowest BCUT2D eigenvalue weighted by Crippen LogP contribution is -2.44. The van der Waals surface area contributed by atoms with Crippen molar-refractivity contribution in [2.24, 2.45) is 5.92 Å². The molecule has 0 bridgehead atoms. The minimum Gasteiger partial charge on any atom is -0.463 e. The van der Waals surface area contributed by atoms with Gasteiger partial charge in [0.05, 0.1) is 18.8 Å². The first-order valence-electron chi connectivity index (χ1n) is 8.61. The number of aliphatic hydroxyl groups excluding tert-OH is 1. The van der Waals surface area contributed by atoms with E-state index in [-0.39, 0.29) is 36.7 Å². The van der Waals surface area contributed by atoms with Crippen LogP contribution < -0.4 is 0 Å². The zero-order valence-electron chi connectivity index (χ0n) is 14.6. The van der Waals surface area contributed by atoms with Gasteiger partial charge in [-0.15, -0.1) is 0 Å². The normalized spacial score (nSPS) is 41.8. The number of esters is 2. The van der Waals surface area contributed by atoms with Gasteiger partial charge in [0.1, 0.15) is 6.10 Å². The summed E-state index contributed by atoms with van der Waals surface area (Å²) in [7, 11) is 0. The second kappa shape index (κ2) is 6.55. The molecule has 3 aliphatic heterocycles. The molecule has 0 aliphatic carbocycles. The van der Waals surface area contributed by atoms with Crippen molar-refractivity contribution in [1.82, 2.24) is 4.90 Å². The van der Waals surface area contributed by atoms with E-state index < -0.39 is 23.6 Å². The molecule has 0 amide bonds. The first-order chi connectivity index (χ1) is 11.8. The summed E-state index contributed by atoms with van der Waals surface area (Å²) in [5.41, 5.74) is -1.40. The molecule has 3 fully saturated rings. The maximum atomic E-state index is 12.5. The number of allylic oxidation sites excluding steroid dienone is 1. The minimum atomic E-state index is -1.91. The van der Waals surface area contributed by atoms with E-state index in [1.807, 2.05) is 0 Å². The second-order valence-corrected chi connectivity index (χ2v) is 7.21. The van der Waals surface area contributed by atoms with Gasteiger partial charge in [0.25, 0.3) is 0 Å². The lowest BCUT2D eigenvalue weighted by molar-refractivity contribution is -0.164. The van der Waals surface area contributed by atoms with Gasteiger partial charge < -0.3 is 19.7 Å². The number of hydrogen-bond acceptors (Lipinski definition) is 7. The molecule has 0 aromatic rings. The van der Waals surface area contributed by atoms with Crippen LogP contribution in [0.5, 0.6) is 0 Å². The predicted molar refractivity (Wildman–Crippen MR) is 88.5 cm³/mol. The average molecular weight is 351 g/mol. The van der Waals surface area contributed by atoms with Gasteiger partial charge in [0, 0.05) is 31.0 Å². The van der Waals surface area contributed by atoms with Crippen LogP contribution in [0.1, 0.15) is 26.7 Å². The Hall–Kier alpha value is -1.70. The van der Waals surface area contributed by atoms with Crippen molar-refractivity contribution >= 4 is 11.9 Å². The van der Waals surface area contributed by atoms with E-state index in [2.05, 4.69) is 11.5 Å². The second-order valence-electron chi connectivity index (χ2n) is 7.21. The Labute approximate surface area is 146 Å². The molecule has 7 heteroatoms. The molecule has 3 heterocycles. The molecule has 0 unspecified atom stereocenters. The lowest BCUT2D eigenvalue weighted by atomic mass is 9.90. The first-order valence-corrected chi connectivity index (χ1v) is 8.61. The quantitative estimate of drug-likeness (QED) is 0.365. The van der Waals surface area contributed by atoms with E-state index in [1.54, 1.807) is 13.0 Å². The monoisotopic (exact) mass is 351 g/mol. The molecule has 0 saturated carbocycles. The fourth-order valence-electron chi connectivity index (χ4n) is 3.91. The Bertz CT molecular complexity index is 625. The summed E-state index contributed by atoms with van der Waals surface area (Å²) in [6.45, 7) is 7.90. The fraction of sp³-hybridized carbons (Fsp3) is 0.667. The third-order valence-electron chi connectivity index (χ3n) is 5.62. The molecular formula is C18H25NO6. The van der Waals surface area contributed by atoms with Gasteiger partial charge in [-0.2, -0.15) is 0 Å². The van der Waals surface area contributed by atoms with Gasteiger partial charge in [0.2, 0.25) is 0 Å². The minimum absolute atomic E-state index is 0.0323. The van der Waals surface area contributed by atoms with Crippen LogP contribution in [0.15, 0.2) is 23.8 Å². The van der Waals surface area contributed by atoms with E-state index in [4.69, 9.17) is 9.47 Å². The molecule has 2 N–H and O–H groups in total. The number of aliphatic hydroxyl groups is 2. The van der Waals surface area contributed by atoms with Crippen molar-refractivity contribution in [3.8, 4) is 0 Å². The SMILES string of the molecule is C=C1C/C(=C/C)C(=O)O[C@@H]2CCN3C[C@@H](O)[C@H](COC(=O)[C@]1(C)O)[C@H]23. The average Bonchev–Trinajstić information content (AvgIpc) is 3.08. The topological polar surface area (TPSA) is 96.3 Å². The molecule has 3 aliphatic rings. The number of ether oxygens (including phenoxy) is 2. The molecule has 138 valence electrons. The van der Waals surface area contributed by atoms with Gasteiger partial charge >= 0.3 is 11.9 Å². The molecule has 0 spiro atoms. The molecule has 0 radical (unpaired) electrons. The lowest BCUT2D eigenvalue weighted by Gasteiger charge is -2.30. The largest absolute Gasteiger partial charge is 0.463 e. The van der Waals surface area contributed by atoms with E-state index in [1.165, 1.54) is 6.92 Å². The van der Waals surface area contributed by atoms with E-state index >= 15 is 0 Å². The molecular weight excluding hydrogens is 326 g/mol. The third kappa shape index (κ3) is 3.12. The van der Waals surface area contributed by atoms with Crippen molar-refractivity contribution < 1.29 is 29.3 Å². The third-order valence-corrected chi connectivity index (χ3v) is 5.62. The van der Waals surface area contributed by atoms with Crippen LogP contribution in [0.3, 0.4) is 0 Å². The van der Waals surface area contributed by atoms with Gasteiger partial charge in [-0.1, -0.05) is 12.7 Å². The smallest absolute Gasteiger partial charge is 0.342 e. The number of carbonyl (C=O) groups is 2. The molecule has 25 heavy (non-hydrogen) atoms. The molecule has 0 aromatic carbocycles. The van der Waals surface area contributed by atoms with E-state index in [9.17, 15) is 19.8 Å². The van der Waals surface area contributed by atoms with E-state index in [0.29, 0.717) is 18.5 Å². The van der Waals surface area contributed by atoms with Crippen LogP contribution >= 0.6 is 0 Å². The summed E-state index contributed by atoms with van der Waals surface area (Å²) in [5, 5.41) is 20.8. The van der Waals surface area contributed by atoms with Gasteiger partial charge in [-0.25, -0.2) is 9.59 Å². The Morgan fingerprint density at radius 2 is 2.12 bits per heavy atom. The predicted octanol–water partition coefficient (Wildman–Crippen LogP) is 0.164. The van der Waals surface area contributed by atoms with Crippen molar-refractivity contribution in [3.05, 3.63) is 23.8 Å². The number of rotatable bonds is 0. The first kappa shape index (κ1) is 18.1. The van der Waals surface area contributed by atoms with Crippen LogP contribution in [0.2, 0.25) is 0 Å². The zero-order chi connectivity index (χ0) is 18.4. The summed E-state index contributed by atoms with van der Waals surface area (Å²) in [4.78, 5) is 27.0. The highest BCUT2D eigenvalue weighted by Gasteiger charge is 2.51. The van der Waals surface area contributed by atoms with Crippen LogP contribution in [0, 0.1) is 5.92 Å². The zero-order valence-corrected chi connectivity index (χ0v) is 14.6. The van der Waals surface area contributed by atoms with Gasteiger partial charge in [-0.3, -0.25) is 4.90 Å². The summed E-state index contributed by atoms with van der Waals surface area (Å²) in [5.74, 6) is -1.65. The number of cyclic esters (lactones) is 1. The van der Waals surface area contributed by atoms with Gasteiger partial charge in [-0.05, 0) is 25.8 Å². The molecule has 3 saturated heterocycles. The van der Waals surface area contributed by atoms with Crippen LogP contribution in [0.4, 0.5) is 0 Å². The van der Waals surface area contributed by atoms with Crippen LogP contribution in [-0.4, -0.2) is 70.6 Å². The van der Waals surface area contributed by atoms with Crippen LogP contribution in [-0.2, 0) is 19.1 Å². The molecule has 3 rings (SSSR count). The van der Waals surface area contributed by atoms with Crippen molar-refractivity contribution in [2.75, 3.05) is 19.7 Å². The van der Waals surface area contributed by atoms with Crippen LogP contribution in [0.25, 0.3) is 0 Å². The molecule has 7 nitrogen and oxygen atoms in total. The van der Waals surface area contributed by atoms with Crippen molar-refractivity contribution in [2.45, 2.75) is 50.5 Å². The highest BCUT2D eigenvalue weighted by Crippen LogP contribution is 2.37. The Morgan fingerprint density at radius 3 is 2.80 bits per heavy atom. The highest BCUT2D eigenvalue weighted by atomic mass is 16.6. The maximum absolute atomic E-state index is 12.5. The Kier molecular flexibility index (Phi) is 4.74. The van der Waals surface area contributed by atoms with Crippen molar-refractivity contribution in [1.29, 1.82) is 0 Å². The molecule has 0 aromatic heterocycles. The number of nitrogens with zero attached hydrogens (tertiary/aromatic N) is 1. The maximum Gasteiger partial charge on any atom is 0.342 e. The number of hydrogen-bond donors (Lipinski definition) is 2. The number of carbonyl (C=O) groups excluding carboxylic acids is 2.